The predicted molar refractivity (Wildman–Crippen MR) is 103 cm³/mol. The molecule has 0 aliphatic carbocycles. The van der Waals surface area contributed by atoms with Gasteiger partial charge in [0.05, 0.1) is 5.25 Å². The van der Waals surface area contributed by atoms with Gasteiger partial charge in [-0.25, -0.2) is 0 Å². The molecule has 24 heavy (non-hydrogen) atoms. The molecule has 1 aromatic heterocycles. The van der Waals surface area contributed by atoms with Crippen LogP contribution in [0, 0.1) is 13.8 Å². The average molecular weight is 365 g/mol. The molecule has 2 N–H and O–H groups in total. The molecular weight excluding hydrogens is 340 g/mol. The minimum absolute atomic E-state index is 0.0297. The lowest BCUT2D eigenvalue weighted by molar-refractivity contribution is -0.115. The first-order valence-corrected chi connectivity index (χ1v) is 9.51. The Morgan fingerprint density at radius 3 is 2.42 bits per heavy atom. The molecular formula is C17H24N4OS2. The van der Waals surface area contributed by atoms with E-state index in [0.29, 0.717) is 0 Å². The van der Waals surface area contributed by atoms with Crippen LogP contribution >= 0.6 is 23.1 Å². The highest BCUT2D eigenvalue weighted by Gasteiger charge is 2.19. The van der Waals surface area contributed by atoms with E-state index in [4.69, 9.17) is 0 Å². The van der Waals surface area contributed by atoms with E-state index in [9.17, 15) is 4.79 Å². The van der Waals surface area contributed by atoms with Crippen LogP contribution in [0.25, 0.3) is 0 Å². The first-order chi connectivity index (χ1) is 11.2. The molecule has 1 atom stereocenters. The number of hydrogen-bond donors (Lipinski definition) is 2. The summed E-state index contributed by atoms with van der Waals surface area (Å²) in [6.45, 7) is 12.1. The predicted octanol–water partition coefficient (Wildman–Crippen LogP) is 4.48. The molecule has 0 aliphatic heterocycles. The summed E-state index contributed by atoms with van der Waals surface area (Å²) in [5.74, 6) is -0.0297. The normalized spacial score (nSPS) is 12.8. The summed E-state index contributed by atoms with van der Waals surface area (Å²) in [6.07, 6.45) is 0. The van der Waals surface area contributed by atoms with Crippen molar-refractivity contribution in [1.29, 1.82) is 0 Å². The number of amides is 1. The van der Waals surface area contributed by atoms with Gasteiger partial charge in [0.1, 0.15) is 0 Å². The highest BCUT2D eigenvalue weighted by atomic mass is 32.2. The van der Waals surface area contributed by atoms with Crippen LogP contribution in [-0.4, -0.2) is 26.9 Å². The third kappa shape index (κ3) is 5.21. The van der Waals surface area contributed by atoms with Crippen molar-refractivity contribution in [3.05, 3.63) is 29.3 Å². The Kier molecular flexibility index (Phi) is 5.87. The van der Waals surface area contributed by atoms with Crippen LogP contribution in [0.2, 0.25) is 0 Å². The van der Waals surface area contributed by atoms with E-state index < -0.39 is 0 Å². The average Bonchev–Trinajstić information content (AvgIpc) is 2.87. The topological polar surface area (TPSA) is 66.9 Å². The smallest absolute Gasteiger partial charge is 0.237 e. The van der Waals surface area contributed by atoms with Gasteiger partial charge >= 0.3 is 0 Å². The third-order valence-electron chi connectivity index (χ3n) is 3.26. The van der Waals surface area contributed by atoms with Crippen molar-refractivity contribution in [3.8, 4) is 0 Å². The Morgan fingerprint density at radius 1 is 1.21 bits per heavy atom. The van der Waals surface area contributed by atoms with E-state index >= 15 is 0 Å². The summed E-state index contributed by atoms with van der Waals surface area (Å²) in [7, 11) is 0. The number of rotatable bonds is 5. The van der Waals surface area contributed by atoms with Crippen LogP contribution < -0.4 is 10.6 Å². The highest BCUT2D eigenvalue weighted by Crippen LogP contribution is 2.31. The molecule has 0 bridgehead atoms. The Balaban J connectivity index is 1.99. The molecule has 0 fully saturated rings. The van der Waals surface area contributed by atoms with Gasteiger partial charge in [0.15, 0.2) is 4.34 Å². The lowest BCUT2D eigenvalue weighted by atomic mass is 10.1. The van der Waals surface area contributed by atoms with Crippen molar-refractivity contribution in [3.63, 3.8) is 0 Å². The summed E-state index contributed by atoms with van der Waals surface area (Å²) < 4.78 is 0.783. The summed E-state index contributed by atoms with van der Waals surface area (Å²) in [5.41, 5.74) is 2.95. The number of carbonyl (C=O) groups excluding carboxylic acids is 1. The zero-order chi connectivity index (χ0) is 17.9. The van der Waals surface area contributed by atoms with Crippen LogP contribution in [0.3, 0.4) is 0 Å². The molecule has 7 heteroatoms. The second kappa shape index (κ2) is 7.53. The molecule has 0 saturated heterocycles. The molecule has 1 aromatic carbocycles. The molecule has 5 nitrogen and oxygen atoms in total. The largest absolute Gasteiger partial charge is 0.355 e. The Hall–Kier alpha value is -1.60. The van der Waals surface area contributed by atoms with Gasteiger partial charge in [0, 0.05) is 11.2 Å². The van der Waals surface area contributed by atoms with E-state index in [1.807, 2.05) is 39.0 Å². The van der Waals surface area contributed by atoms with Crippen LogP contribution in [0.5, 0.6) is 0 Å². The van der Waals surface area contributed by atoms with Gasteiger partial charge in [-0.05, 0) is 52.7 Å². The van der Waals surface area contributed by atoms with Crippen LogP contribution in [0.1, 0.15) is 38.8 Å². The van der Waals surface area contributed by atoms with Gasteiger partial charge in [-0.15, -0.1) is 10.2 Å². The fourth-order valence-corrected chi connectivity index (χ4v) is 4.17. The van der Waals surface area contributed by atoms with Gasteiger partial charge in [-0.2, -0.15) is 0 Å². The van der Waals surface area contributed by atoms with Crippen molar-refractivity contribution >= 4 is 39.8 Å². The zero-order valence-corrected chi connectivity index (χ0v) is 16.6. The van der Waals surface area contributed by atoms with Crippen LogP contribution in [0.15, 0.2) is 22.5 Å². The van der Waals surface area contributed by atoms with E-state index in [1.54, 1.807) is 0 Å². The number of carbonyl (C=O) groups is 1. The second-order valence-corrected chi connectivity index (χ2v) is 9.33. The number of aromatic nitrogens is 2. The van der Waals surface area contributed by atoms with Gasteiger partial charge in [-0.1, -0.05) is 41.3 Å². The molecule has 1 heterocycles. The first kappa shape index (κ1) is 18.7. The summed E-state index contributed by atoms with van der Waals surface area (Å²) in [6, 6.07) is 5.98. The summed E-state index contributed by atoms with van der Waals surface area (Å²) in [4.78, 5) is 12.5. The monoisotopic (exact) mass is 364 g/mol. The van der Waals surface area contributed by atoms with E-state index in [-0.39, 0.29) is 16.7 Å². The highest BCUT2D eigenvalue weighted by molar-refractivity contribution is 8.02. The van der Waals surface area contributed by atoms with E-state index in [2.05, 4.69) is 41.6 Å². The number of thioether (sulfide) groups is 1. The number of nitrogens with zero attached hydrogens (tertiary/aromatic N) is 2. The third-order valence-corrected chi connectivity index (χ3v) is 5.29. The summed E-state index contributed by atoms with van der Waals surface area (Å²) in [5, 5.41) is 15.1. The van der Waals surface area contributed by atoms with Crippen molar-refractivity contribution < 1.29 is 4.79 Å². The number of anilines is 2. The molecule has 2 rings (SSSR count). The number of hydrogen-bond acceptors (Lipinski definition) is 6. The Bertz CT molecular complexity index is 701. The molecule has 0 aliphatic rings. The van der Waals surface area contributed by atoms with Gasteiger partial charge in [0.25, 0.3) is 0 Å². The number of para-hydroxylation sites is 1. The first-order valence-electron chi connectivity index (χ1n) is 7.81. The standard InChI is InChI=1S/C17H24N4OS2/c1-10-8-7-9-11(2)13(10)18-14(22)12(3)23-16-21-20-15(24-16)19-17(4,5)6/h7-9,12H,1-6H3,(H,18,22)(H,19,20)/t12-/m0/s1. The second-order valence-electron chi connectivity index (χ2n) is 6.76. The maximum atomic E-state index is 12.5. The number of benzene rings is 1. The molecule has 0 unspecified atom stereocenters. The molecule has 1 amide bonds. The minimum Gasteiger partial charge on any atom is -0.355 e. The van der Waals surface area contributed by atoms with Crippen molar-refractivity contribution in [1.82, 2.24) is 10.2 Å². The number of nitrogens with one attached hydrogen (secondary N) is 2. The van der Waals surface area contributed by atoms with Crippen LogP contribution in [0.4, 0.5) is 10.8 Å². The maximum Gasteiger partial charge on any atom is 0.237 e. The van der Waals surface area contributed by atoms with Crippen molar-refractivity contribution in [2.75, 3.05) is 10.6 Å². The fourth-order valence-electron chi connectivity index (χ4n) is 2.07. The lowest BCUT2D eigenvalue weighted by Crippen LogP contribution is -2.25. The van der Waals surface area contributed by atoms with Crippen LogP contribution in [-0.2, 0) is 4.79 Å². The lowest BCUT2D eigenvalue weighted by Gasteiger charge is -2.18. The zero-order valence-electron chi connectivity index (χ0n) is 14.9. The van der Waals surface area contributed by atoms with E-state index in [0.717, 1.165) is 26.3 Å². The Morgan fingerprint density at radius 2 is 1.83 bits per heavy atom. The van der Waals surface area contributed by atoms with Gasteiger partial charge < -0.3 is 10.6 Å². The SMILES string of the molecule is Cc1cccc(C)c1NC(=O)[C@H](C)Sc1nnc(NC(C)(C)C)s1. The van der Waals surface area contributed by atoms with E-state index in [1.165, 1.54) is 23.1 Å². The fraction of sp³-hybridized carbons (Fsp3) is 0.471. The quantitative estimate of drug-likeness (QED) is 0.766. The summed E-state index contributed by atoms with van der Waals surface area (Å²) >= 11 is 2.89. The van der Waals surface area contributed by atoms with Crippen molar-refractivity contribution in [2.24, 2.45) is 0 Å². The molecule has 2 aromatic rings. The molecule has 130 valence electrons. The van der Waals surface area contributed by atoms with Gasteiger partial charge in [0.2, 0.25) is 11.0 Å². The van der Waals surface area contributed by atoms with Crippen molar-refractivity contribution in [2.45, 2.75) is 56.7 Å². The van der Waals surface area contributed by atoms with Gasteiger partial charge in [-0.3, -0.25) is 4.79 Å². The minimum atomic E-state index is -0.251. The Labute approximate surface area is 151 Å². The molecule has 0 saturated carbocycles. The number of aryl methyl sites for hydroxylation is 2. The maximum absolute atomic E-state index is 12.5. The molecule has 0 radical (unpaired) electrons. The molecule has 0 spiro atoms.